The van der Waals surface area contributed by atoms with E-state index in [1.807, 2.05) is 6.92 Å². The van der Waals surface area contributed by atoms with Gasteiger partial charge in [0.25, 0.3) is 0 Å². The van der Waals surface area contributed by atoms with Crippen LogP contribution in [0, 0.1) is 5.82 Å². The molecule has 0 amide bonds. The standard InChI is InChI=1S/C13H19ClFNO/c1-3-11(6-7-17)16-9(2)12-5-4-10(15)8-13(12)14/h4-5,8-9,11,16-17H,3,6-7H2,1-2H3. The third-order valence-electron chi connectivity index (χ3n) is 2.89. The molecule has 0 aliphatic heterocycles. The fourth-order valence-electron chi connectivity index (χ4n) is 1.86. The Morgan fingerprint density at radius 3 is 2.71 bits per heavy atom. The van der Waals surface area contributed by atoms with E-state index in [-0.39, 0.29) is 24.5 Å². The lowest BCUT2D eigenvalue weighted by molar-refractivity contribution is 0.257. The molecule has 17 heavy (non-hydrogen) atoms. The minimum Gasteiger partial charge on any atom is -0.396 e. The summed E-state index contributed by atoms with van der Waals surface area (Å²) in [6.45, 7) is 4.21. The smallest absolute Gasteiger partial charge is 0.124 e. The fraction of sp³-hybridized carbons (Fsp3) is 0.538. The Balaban J connectivity index is 2.71. The van der Waals surface area contributed by atoms with Crippen molar-refractivity contribution < 1.29 is 9.50 Å². The molecule has 1 aromatic carbocycles. The van der Waals surface area contributed by atoms with Crippen molar-refractivity contribution in [3.05, 3.63) is 34.6 Å². The van der Waals surface area contributed by atoms with Gasteiger partial charge in [-0.15, -0.1) is 0 Å². The molecule has 2 atom stereocenters. The maximum atomic E-state index is 12.9. The van der Waals surface area contributed by atoms with E-state index in [1.54, 1.807) is 6.07 Å². The lowest BCUT2D eigenvalue weighted by atomic mass is 10.1. The molecule has 0 radical (unpaired) electrons. The van der Waals surface area contributed by atoms with E-state index >= 15 is 0 Å². The maximum absolute atomic E-state index is 12.9. The predicted octanol–water partition coefficient (Wildman–Crippen LogP) is 3.29. The highest BCUT2D eigenvalue weighted by Gasteiger charge is 2.14. The predicted molar refractivity (Wildman–Crippen MR) is 68.7 cm³/mol. The number of halogens is 2. The molecular weight excluding hydrogens is 241 g/mol. The molecule has 0 aromatic heterocycles. The third kappa shape index (κ3) is 4.26. The molecule has 2 N–H and O–H groups in total. The molecule has 0 aliphatic rings. The zero-order chi connectivity index (χ0) is 12.8. The van der Waals surface area contributed by atoms with Crippen molar-refractivity contribution in [3.8, 4) is 0 Å². The molecule has 0 fully saturated rings. The van der Waals surface area contributed by atoms with Crippen molar-refractivity contribution >= 4 is 11.6 Å². The number of aliphatic hydroxyl groups is 1. The average molecular weight is 260 g/mol. The maximum Gasteiger partial charge on any atom is 0.124 e. The van der Waals surface area contributed by atoms with Crippen LogP contribution in [0.2, 0.25) is 5.02 Å². The summed E-state index contributed by atoms with van der Waals surface area (Å²) < 4.78 is 12.9. The van der Waals surface area contributed by atoms with Crippen molar-refractivity contribution in [1.82, 2.24) is 5.32 Å². The Bertz CT molecular complexity index is 359. The topological polar surface area (TPSA) is 32.3 Å². The first-order valence-electron chi connectivity index (χ1n) is 5.90. The Kier molecular flexibility index (Phi) is 5.89. The Labute approximate surface area is 107 Å². The first-order chi connectivity index (χ1) is 8.08. The van der Waals surface area contributed by atoms with Gasteiger partial charge in [0, 0.05) is 23.7 Å². The van der Waals surface area contributed by atoms with Crippen molar-refractivity contribution in [2.75, 3.05) is 6.61 Å². The minimum absolute atomic E-state index is 0.0413. The monoisotopic (exact) mass is 259 g/mol. The van der Waals surface area contributed by atoms with Crippen LogP contribution in [0.4, 0.5) is 4.39 Å². The lowest BCUT2D eigenvalue weighted by Crippen LogP contribution is -2.32. The highest BCUT2D eigenvalue weighted by atomic mass is 35.5. The van der Waals surface area contributed by atoms with Gasteiger partial charge in [-0.3, -0.25) is 0 Å². The van der Waals surface area contributed by atoms with Gasteiger partial charge in [-0.1, -0.05) is 24.6 Å². The lowest BCUT2D eigenvalue weighted by Gasteiger charge is -2.22. The quantitative estimate of drug-likeness (QED) is 0.822. The average Bonchev–Trinajstić information content (AvgIpc) is 2.28. The first kappa shape index (κ1) is 14.4. The molecule has 0 bridgehead atoms. The summed E-state index contributed by atoms with van der Waals surface area (Å²) in [6.07, 6.45) is 1.64. The molecular formula is C13H19ClFNO. The van der Waals surface area contributed by atoms with Crippen LogP contribution in [0.15, 0.2) is 18.2 Å². The van der Waals surface area contributed by atoms with E-state index in [0.29, 0.717) is 11.4 Å². The summed E-state index contributed by atoms with van der Waals surface area (Å²) in [5, 5.41) is 12.7. The van der Waals surface area contributed by atoms with Crippen LogP contribution >= 0.6 is 11.6 Å². The molecule has 2 nitrogen and oxygen atoms in total. The number of nitrogens with one attached hydrogen (secondary N) is 1. The summed E-state index contributed by atoms with van der Waals surface area (Å²) >= 11 is 6.00. The van der Waals surface area contributed by atoms with Crippen molar-refractivity contribution in [3.63, 3.8) is 0 Å². The van der Waals surface area contributed by atoms with Gasteiger partial charge in [-0.05, 0) is 37.5 Å². The normalized spacial score (nSPS) is 14.6. The molecule has 0 aliphatic carbocycles. The van der Waals surface area contributed by atoms with Crippen LogP contribution in [0.1, 0.15) is 38.3 Å². The van der Waals surface area contributed by atoms with E-state index in [0.717, 1.165) is 12.0 Å². The van der Waals surface area contributed by atoms with Crippen molar-refractivity contribution in [2.45, 2.75) is 38.8 Å². The Morgan fingerprint density at radius 2 is 2.18 bits per heavy atom. The molecule has 0 saturated carbocycles. The van der Waals surface area contributed by atoms with E-state index in [1.165, 1.54) is 12.1 Å². The van der Waals surface area contributed by atoms with Gasteiger partial charge in [-0.25, -0.2) is 4.39 Å². The minimum atomic E-state index is -0.326. The van der Waals surface area contributed by atoms with Crippen LogP contribution in [-0.2, 0) is 0 Å². The van der Waals surface area contributed by atoms with Crippen molar-refractivity contribution in [2.24, 2.45) is 0 Å². The van der Waals surface area contributed by atoms with E-state index in [4.69, 9.17) is 16.7 Å². The van der Waals surface area contributed by atoms with Gasteiger partial charge in [0.1, 0.15) is 5.82 Å². The van der Waals surface area contributed by atoms with Gasteiger partial charge < -0.3 is 10.4 Å². The van der Waals surface area contributed by atoms with Gasteiger partial charge in [0.05, 0.1) is 0 Å². The largest absolute Gasteiger partial charge is 0.396 e. The van der Waals surface area contributed by atoms with Gasteiger partial charge in [-0.2, -0.15) is 0 Å². The summed E-state index contributed by atoms with van der Waals surface area (Å²) in [7, 11) is 0. The van der Waals surface area contributed by atoms with E-state index in [2.05, 4.69) is 12.2 Å². The van der Waals surface area contributed by atoms with Crippen LogP contribution in [-0.4, -0.2) is 17.8 Å². The number of benzene rings is 1. The highest BCUT2D eigenvalue weighted by molar-refractivity contribution is 6.31. The SMILES string of the molecule is CCC(CCO)NC(C)c1ccc(F)cc1Cl. The van der Waals surface area contributed by atoms with Crippen LogP contribution in [0.3, 0.4) is 0 Å². The van der Waals surface area contributed by atoms with Crippen molar-refractivity contribution in [1.29, 1.82) is 0 Å². The highest BCUT2D eigenvalue weighted by Crippen LogP contribution is 2.24. The molecule has 0 spiro atoms. The fourth-order valence-corrected chi connectivity index (χ4v) is 2.19. The molecule has 2 unspecified atom stereocenters. The summed E-state index contributed by atoms with van der Waals surface area (Å²) in [5.41, 5.74) is 0.879. The molecule has 96 valence electrons. The second-order valence-corrected chi connectivity index (χ2v) is 4.58. The zero-order valence-electron chi connectivity index (χ0n) is 10.2. The number of hydrogen-bond donors (Lipinski definition) is 2. The number of rotatable bonds is 6. The van der Waals surface area contributed by atoms with E-state index < -0.39 is 0 Å². The molecule has 0 saturated heterocycles. The van der Waals surface area contributed by atoms with Gasteiger partial charge in [0.15, 0.2) is 0 Å². The molecule has 1 rings (SSSR count). The van der Waals surface area contributed by atoms with Crippen LogP contribution in [0.25, 0.3) is 0 Å². The van der Waals surface area contributed by atoms with Gasteiger partial charge in [0.2, 0.25) is 0 Å². The summed E-state index contributed by atoms with van der Waals surface area (Å²) in [6, 6.07) is 4.71. The molecule has 4 heteroatoms. The Morgan fingerprint density at radius 1 is 1.47 bits per heavy atom. The summed E-state index contributed by atoms with van der Waals surface area (Å²) in [4.78, 5) is 0. The first-order valence-corrected chi connectivity index (χ1v) is 6.28. The van der Waals surface area contributed by atoms with Crippen LogP contribution < -0.4 is 5.32 Å². The second-order valence-electron chi connectivity index (χ2n) is 4.17. The third-order valence-corrected chi connectivity index (χ3v) is 3.21. The number of hydrogen-bond acceptors (Lipinski definition) is 2. The van der Waals surface area contributed by atoms with Crippen LogP contribution in [0.5, 0.6) is 0 Å². The molecule has 1 aromatic rings. The Hall–Kier alpha value is -0.640. The van der Waals surface area contributed by atoms with Gasteiger partial charge >= 0.3 is 0 Å². The summed E-state index contributed by atoms with van der Waals surface area (Å²) in [5.74, 6) is -0.326. The number of aliphatic hydroxyl groups excluding tert-OH is 1. The zero-order valence-corrected chi connectivity index (χ0v) is 11.0. The molecule has 0 heterocycles. The van der Waals surface area contributed by atoms with E-state index in [9.17, 15) is 4.39 Å². The second kappa shape index (κ2) is 6.94.